The van der Waals surface area contributed by atoms with Gasteiger partial charge in [-0.15, -0.1) is 0 Å². The molecule has 0 atom stereocenters. The lowest BCUT2D eigenvalue weighted by molar-refractivity contribution is -0.129. The smallest absolute Gasteiger partial charge is 0.233 e. The fraction of sp³-hybridized carbons (Fsp3) is 0.857. The second-order valence-electron chi connectivity index (χ2n) is 5.52. The molecule has 19 heavy (non-hydrogen) atoms. The topological polar surface area (TPSA) is 35.9 Å². The number of carbonyl (C=O) groups excluding carboxylic acids is 1. The Labute approximate surface area is 120 Å². The summed E-state index contributed by atoms with van der Waals surface area (Å²) in [5.74, 6) is 0.774. The molecule has 0 bridgehead atoms. The van der Waals surface area contributed by atoms with Crippen LogP contribution in [-0.4, -0.2) is 59.9 Å². The first kappa shape index (κ1) is 14.7. The third-order valence-electron chi connectivity index (χ3n) is 4.10. The predicted molar refractivity (Wildman–Crippen MR) is 81.7 cm³/mol. The molecule has 1 saturated carbocycles. The normalized spacial score (nSPS) is 21.2. The Balaban J connectivity index is 1.78. The lowest BCUT2D eigenvalue weighted by atomic mass is 10.1. The van der Waals surface area contributed by atoms with Crippen molar-refractivity contribution >= 4 is 22.8 Å². The number of rotatable bonds is 3. The quantitative estimate of drug-likeness (QED) is 0.745. The van der Waals surface area contributed by atoms with Crippen molar-refractivity contribution in [3.05, 3.63) is 0 Å². The molecule has 0 saturated heterocycles. The SMILES string of the molecule is CN1CCN=C1SCC(=O)N(C)C1CCCCCC1. The minimum Gasteiger partial charge on any atom is -0.353 e. The lowest BCUT2D eigenvalue weighted by Crippen LogP contribution is -2.38. The molecule has 108 valence electrons. The Bertz CT molecular complexity index is 338. The minimum atomic E-state index is 0.250. The molecule has 0 spiro atoms. The Morgan fingerprint density at radius 3 is 2.63 bits per heavy atom. The van der Waals surface area contributed by atoms with Crippen LogP contribution in [0.4, 0.5) is 0 Å². The molecule has 0 aromatic heterocycles. The van der Waals surface area contributed by atoms with Crippen LogP contribution in [0.5, 0.6) is 0 Å². The molecule has 1 fully saturated rings. The van der Waals surface area contributed by atoms with E-state index in [1.165, 1.54) is 38.5 Å². The van der Waals surface area contributed by atoms with Gasteiger partial charge in [0, 0.05) is 26.7 Å². The highest BCUT2D eigenvalue weighted by Gasteiger charge is 2.22. The Kier molecular flexibility index (Phi) is 5.55. The summed E-state index contributed by atoms with van der Waals surface area (Å²) in [6, 6.07) is 0.457. The minimum absolute atomic E-state index is 0.250. The van der Waals surface area contributed by atoms with E-state index in [1.807, 2.05) is 19.0 Å². The van der Waals surface area contributed by atoms with Gasteiger partial charge >= 0.3 is 0 Å². The van der Waals surface area contributed by atoms with Gasteiger partial charge in [0.25, 0.3) is 0 Å². The maximum Gasteiger partial charge on any atom is 0.233 e. The third kappa shape index (κ3) is 4.13. The van der Waals surface area contributed by atoms with Gasteiger partial charge in [0.2, 0.25) is 5.91 Å². The first-order valence-corrected chi connectivity index (χ1v) is 8.31. The number of likely N-dealkylation sites (N-methyl/N-ethyl adjacent to an activating group) is 1. The van der Waals surface area contributed by atoms with Crippen LogP contribution in [0.3, 0.4) is 0 Å². The summed E-state index contributed by atoms with van der Waals surface area (Å²) in [5, 5.41) is 1.02. The molecule has 0 N–H and O–H groups in total. The fourth-order valence-electron chi connectivity index (χ4n) is 2.74. The number of amides is 1. The third-order valence-corrected chi connectivity index (χ3v) is 5.19. The molecule has 4 nitrogen and oxygen atoms in total. The molecule has 0 aromatic rings. The molecule has 5 heteroatoms. The van der Waals surface area contributed by atoms with Gasteiger partial charge in [-0.1, -0.05) is 37.4 Å². The highest BCUT2D eigenvalue weighted by atomic mass is 32.2. The molecule has 1 aliphatic heterocycles. The molecule has 1 aliphatic carbocycles. The number of amidine groups is 1. The summed E-state index contributed by atoms with van der Waals surface area (Å²) in [4.78, 5) is 20.8. The van der Waals surface area contributed by atoms with Gasteiger partial charge < -0.3 is 9.80 Å². The van der Waals surface area contributed by atoms with Gasteiger partial charge in [0.1, 0.15) is 0 Å². The predicted octanol–water partition coefficient (Wildman–Crippen LogP) is 2.20. The number of nitrogens with zero attached hydrogens (tertiary/aromatic N) is 3. The van der Waals surface area contributed by atoms with Gasteiger partial charge in [0.05, 0.1) is 12.3 Å². The van der Waals surface area contributed by atoms with E-state index in [1.54, 1.807) is 11.8 Å². The Morgan fingerprint density at radius 1 is 1.37 bits per heavy atom. The van der Waals surface area contributed by atoms with Crippen molar-refractivity contribution in [3.63, 3.8) is 0 Å². The van der Waals surface area contributed by atoms with Crippen LogP contribution in [0, 0.1) is 0 Å². The van der Waals surface area contributed by atoms with Gasteiger partial charge in [-0.05, 0) is 12.8 Å². The number of hydrogen-bond donors (Lipinski definition) is 0. The summed E-state index contributed by atoms with van der Waals surface area (Å²) >= 11 is 1.58. The van der Waals surface area contributed by atoms with Gasteiger partial charge in [-0.2, -0.15) is 0 Å². The summed E-state index contributed by atoms with van der Waals surface area (Å²) in [5.41, 5.74) is 0. The molecule has 1 amide bonds. The number of carbonyl (C=O) groups is 1. The second-order valence-corrected chi connectivity index (χ2v) is 6.47. The van der Waals surface area contributed by atoms with Crippen molar-refractivity contribution in [2.24, 2.45) is 4.99 Å². The summed E-state index contributed by atoms with van der Waals surface area (Å²) in [6.45, 7) is 1.85. The van der Waals surface area contributed by atoms with E-state index in [0.717, 1.165) is 18.3 Å². The zero-order chi connectivity index (χ0) is 13.7. The molecule has 2 aliphatic rings. The summed E-state index contributed by atoms with van der Waals surface area (Å²) < 4.78 is 0. The molecular weight excluding hydrogens is 258 g/mol. The van der Waals surface area contributed by atoms with Crippen LogP contribution < -0.4 is 0 Å². The van der Waals surface area contributed by atoms with Crippen LogP contribution in [-0.2, 0) is 4.79 Å². The Morgan fingerprint density at radius 2 is 2.05 bits per heavy atom. The molecule has 0 unspecified atom stereocenters. The van der Waals surface area contributed by atoms with E-state index in [-0.39, 0.29) is 5.91 Å². The average Bonchev–Trinajstić information content (AvgIpc) is 2.68. The highest BCUT2D eigenvalue weighted by molar-refractivity contribution is 8.14. The zero-order valence-corrected chi connectivity index (χ0v) is 12.9. The highest BCUT2D eigenvalue weighted by Crippen LogP contribution is 2.22. The van der Waals surface area contributed by atoms with Crippen LogP contribution in [0.25, 0.3) is 0 Å². The fourth-order valence-corrected chi connectivity index (χ4v) is 3.70. The van der Waals surface area contributed by atoms with E-state index in [9.17, 15) is 4.79 Å². The van der Waals surface area contributed by atoms with Crippen molar-refractivity contribution in [3.8, 4) is 0 Å². The van der Waals surface area contributed by atoms with E-state index in [2.05, 4.69) is 9.89 Å². The molecule has 0 radical (unpaired) electrons. The van der Waals surface area contributed by atoms with Crippen molar-refractivity contribution in [1.82, 2.24) is 9.80 Å². The molecular formula is C14H25N3OS. The molecule has 1 heterocycles. The van der Waals surface area contributed by atoms with Gasteiger partial charge in [0.15, 0.2) is 5.17 Å². The van der Waals surface area contributed by atoms with E-state index < -0.39 is 0 Å². The van der Waals surface area contributed by atoms with Crippen molar-refractivity contribution in [2.75, 3.05) is 32.9 Å². The zero-order valence-electron chi connectivity index (χ0n) is 12.1. The number of hydrogen-bond acceptors (Lipinski definition) is 4. The first-order chi connectivity index (χ1) is 9.18. The Hall–Kier alpha value is -0.710. The first-order valence-electron chi connectivity index (χ1n) is 7.32. The van der Waals surface area contributed by atoms with Crippen LogP contribution in [0.15, 0.2) is 4.99 Å². The number of aliphatic imine (C=N–C) groups is 1. The molecule has 0 aromatic carbocycles. The summed E-state index contributed by atoms with van der Waals surface area (Å²) in [6.07, 6.45) is 7.54. The second kappa shape index (κ2) is 7.17. The summed E-state index contributed by atoms with van der Waals surface area (Å²) in [7, 11) is 4.01. The van der Waals surface area contributed by atoms with E-state index >= 15 is 0 Å². The van der Waals surface area contributed by atoms with Crippen LogP contribution in [0.2, 0.25) is 0 Å². The van der Waals surface area contributed by atoms with Crippen LogP contribution in [0.1, 0.15) is 38.5 Å². The number of thioether (sulfide) groups is 1. The van der Waals surface area contributed by atoms with Gasteiger partial charge in [-0.25, -0.2) is 0 Å². The average molecular weight is 283 g/mol. The van der Waals surface area contributed by atoms with E-state index in [0.29, 0.717) is 11.8 Å². The monoisotopic (exact) mass is 283 g/mol. The van der Waals surface area contributed by atoms with E-state index in [4.69, 9.17) is 0 Å². The maximum absolute atomic E-state index is 12.2. The largest absolute Gasteiger partial charge is 0.353 e. The maximum atomic E-state index is 12.2. The van der Waals surface area contributed by atoms with Gasteiger partial charge in [-0.3, -0.25) is 9.79 Å². The van der Waals surface area contributed by atoms with Crippen molar-refractivity contribution in [1.29, 1.82) is 0 Å². The lowest BCUT2D eigenvalue weighted by Gasteiger charge is -2.27. The molecule has 2 rings (SSSR count). The van der Waals surface area contributed by atoms with Crippen molar-refractivity contribution in [2.45, 2.75) is 44.6 Å². The standard InChI is InChI=1S/C14H25N3OS/c1-16-10-9-15-14(16)19-11-13(18)17(2)12-7-5-3-4-6-8-12/h12H,3-11H2,1-2H3. The van der Waals surface area contributed by atoms with Crippen molar-refractivity contribution < 1.29 is 4.79 Å². The van der Waals surface area contributed by atoms with Crippen LogP contribution >= 0.6 is 11.8 Å².